The minimum absolute atomic E-state index is 0.0412. The Morgan fingerprint density at radius 2 is 1.42 bits per heavy atom. The Morgan fingerprint density at radius 3 is 1.73 bits per heavy atom. The molecule has 26 heavy (non-hydrogen) atoms. The van der Waals surface area contributed by atoms with Crippen LogP contribution in [0, 0.1) is 0 Å². The second-order valence-electron chi connectivity index (χ2n) is 4.72. The topological polar surface area (TPSA) is 210 Å². The summed E-state index contributed by atoms with van der Waals surface area (Å²) in [7, 11) is 0. The maximum Gasteiger partial charge on any atom is 0.322 e. The molecule has 0 spiro atoms. The molecule has 0 aliphatic carbocycles. The van der Waals surface area contributed by atoms with Crippen molar-refractivity contribution in [2.45, 2.75) is 38.5 Å². The maximum atomic E-state index is 10.8. The third kappa shape index (κ3) is 21.0. The Bertz CT molecular complexity index is 504. The molecule has 0 radical (unpaired) electrons. The zero-order valence-electron chi connectivity index (χ0n) is 13.9. The number of nitrogens with one attached hydrogen (secondary N) is 1. The summed E-state index contributed by atoms with van der Waals surface area (Å²) in [6, 6.07) is 0. The molecule has 1 heterocycles. The summed E-state index contributed by atoms with van der Waals surface area (Å²) in [6.45, 7) is -0.702. The predicted molar refractivity (Wildman–Crippen MR) is 83.8 cm³/mol. The highest BCUT2D eigenvalue weighted by atomic mass is 16.6. The summed E-state index contributed by atoms with van der Waals surface area (Å²) in [5.74, 6) is -4.27. The summed E-state index contributed by atoms with van der Waals surface area (Å²) in [5.41, 5.74) is 4.57. The second kappa shape index (κ2) is 15.5. The lowest BCUT2D eigenvalue weighted by Gasteiger charge is -2.06. The zero-order chi connectivity index (χ0) is 20.5. The Kier molecular flexibility index (Phi) is 15.0. The molecule has 148 valence electrons. The molecule has 12 nitrogen and oxygen atoms in total. The van der Waals surface area contributed by atoms with Crippen molar-refractivity contribution in [3.05, 3.63) is 0 Å². The Morgan fingerprint density at radius 1 is 0.923 bits per heavy atom. The van der Waals surface area contributed by atoms with Crippen LogP contribution < -0.4 is 11.1 Å². The predicted octanol–water partition coefficient (Wildman–Crippen LogP) is -1.29. The van der Waals surface area contributed by atoms with Gasteiger partial charge in [-0.2, -0.15) is 0 Å². The van der Waals surface area contributed by atoms with E-state index in [0.29, 0.717) is 19.3 Å². The highest BCUT2D eigenvalue weighted by Gasteiger charge is 2.15. The number of hydrogen-bond donors (Lipinski definition) is 5. The lowest BCUT2D eigenvalue weighted by atomic mass is 10.2. The highest BCUT2D eigenvalue weighted by molar-refractivity contribution is 5.87. The summed E-state index contributed by atoms with van der Waals surface area (Å²) in [4.78, 5) is 60.5. The highest BCUT2D eigenvalue weighted by Crippen LogP contribution is 2.06. The molecule has 1 fully saturated rings. The lowest BCUT2D eigenvalue weighted by molar-refractivity contribution is -0.163. The van der Waals surface area contributed by atoms with Gasteiger partial charge in [-0.05, 0) is 12.8 Å². The Hall–Kier alpha value is -3.02. The third-order valence-corrected chi connectivity index (χ3v) is 2.40. The molecule has 0 aromatic rings. The first kappa shape index (κ1) is 25.2. The minimum Gasteiger partial charge on any atom is -0.481 e. The molecule has 12 heteroatoms. The Labute approximate surface area is 148 Å². The van der Waals surface area contributed by atoms with Crippen LogP contribution in [-0.4, -0.2) is 64.2 Å². The quantitative estimate of drug-likeness (QED) is 0.260. The first-order chi connectivity index (χ1) is 12.1. The minimum atomic E-state index is -1.12. The number of cyclic esters (lactones) is 2. The number of aliphatic carboxylic acids is 3. The van der Waals surface area contributed by atoms with Crippen molar-refractivity contribution < 1.29 is 48.8 Å². The van der Waals surface area contributed by atoms with Crippen molar-refractivity contribution in [2.75, 3.05) is 13.1 Å². The van der Waals surface area contributed by atoms with Crippen LogP contribution in [0.3, 0.4) is 0 Å². The summed E-state index contributed by atoms with van der Waals surface area (Å²) < 4.78 is 4.21. The summed E-state index contributed by atoms with van der Waals surface area (Å²) in [6.07, 6.45) is 1.62. The van der Waals surface area contributed by atoms with Crippen LogP contribution in [0.4, 0.5) is 0 Å². The molecule has 6 N–H and O–H groups in total. The van der Waals surface area contributed by atoms with E-state index in [0.717, 1.165) is 0 Å². The van der Waals surface area contributed by atoms with E-state index >= 15 is 0 Å². The summed E-state index contributed by atoms with van der Waals surface area (Å²) in [5, 5.41) is 26.1. The molecule has 0 saturated carbocycles. The third-order valence-electron chi connectivity index (χ3n) is 2.40. The van der Waals surface area contributed by atoms with Gasteiger partial charge in [-0.1, -0.05) is 0 Å². The van der Waals surface area contributed by atoms with E-state index in [2.05, 4.69) is 15.8 Å². The first-order valence-corrected chi connectivity index (χ1v) is 7.44. The first-order valence-electron chi connectivity index (χ1n) is 7.44. The fourth-order valence-electron chi connectivity index (χ4n) is 1.27. The number of ether oxygens (including phenoxy) is 1. The molecule has 1 saturated heterocycles. The number of nitrogens with two attached hydrogens (primary N) is 1. The smallest absolute Gasteiger partial charge is 0.322 e. The van der Waals surface area contributed by atoms with E-state index in [1.54, 1.807) is 0 Å². The largest absolute Gasteiger partial charge is 0.481 e. The molecule has 1 aliphatic heterocycles. The fraction of sp³-hybridized carbons (Fsp3) is 0.571. The van der Waals surface area contributed by atoms with Crippen LogP contribution in [0.1, 0.15) is 38.5 Å². The molecule has 1 rings (SSSR count). The van der Waals surface area contributed by atoms with Gasteiger partial charge in [0, 0.05) is 25.7 Å². The van der Waals surface area contributed by atoms with Gasteiger partial charge in [0.05, 0.1) is 6.54 Å². The van der Waals surface area contributed by atoms with Gasteiger partial charge in [0.1, 0.15) is 6.54 Å². The normalized spacial score (nSPS) is 12.3. The number of rotatable bonds is 7. The molecular weight excluding hydrogens is 356 g/mol. The van der Waals surface area contributed by atoms with Gasteiger partial charge < -0.3 is 31.1 Å². The van der Waals surface area contributed by atoms with E-state index in [1.807, 2.05) is 0 Å². The van der Waals surface area contributed by atoms with Crippen molar-refractivity contribution >= 4 is 35.8 Å². The van der Waals surface area contributed by atoms with Crippen molar-refractivity contribution in [2.24, 2.45) is 5.73 Å². The number of carboxylic acid groups (broad SMARTS) is 3. The zero-order valence-corrected chi connectivity index (χ0v) is 13.9. The van der Waals surface area contributed by atoms with Crippen LogP contribution in [-0.2, 0) is 33.5 Å². The number of carboxylic acids is 3. The number of hydrogen-bond acceptors (Lipinski definition) is 8. The molecule has 1 amide bonds. The van der Waals surface area contributed by atoms with Gasteiger partial charge in [0.2, 0.25) is 5.91 Å². The fourth-order valence-corrected chi connectivity index (χ4v) is 1.27. The van der Waals surface area contributed by atoms with Gasteiger partial charge in [-0.3, -0.25) is 28.8 Å². The standard InChI is InChI=1S/C7H11NO5.C5H6O3.C2H5NO2/c9-5(8-4-7(12)13)2-1-3-6(10)11;6-4-2-1-3-5(7)8-4;3-1-2(4)5/h1-4H2,(H,8,9)(H,10,11)(H,12,13);1-3H2;1,3H2,(H,4,5). The van der Waals surface area contributed by atoms with Gasteiger partial charge in [0.25, 0.3) is 0 Å². The van der Waals surface area contributed by atoms with Crippen LogP contribution in [0.2, 0.25) is 0 Å². The monoisotopic (exact) mass is 378 g/mol. The van der Waals surface area contributed by atoms with E-state index in [1.165, 1.54) is 0 Å². The van der Waals surface area contributed by atoms with E-state index < -0.39 is 30.4 Å². The molecule has 0 aromatic carbocycles. The number of esters is 2. The van der Waals surface area contributed by atoms with Crippen LogP contribution in [0.15, 0.2) is 0 Å². The average Bonchev–Trinajstić information content (AvgIpc) is 2.53. The average molecular weight is 378 g/mol. The number of amides is 1. The van der Waals surface area contributed by atoms with Crippen molar-refractivity contribution in [1.82, 2.24) is 5.32 Å². The molecule has 0 bridgehead atoms. The van der Waals surface area contributed by atoms with Crippen LogP contribution in [0.5, 0.6) is 0 Å². The lowest BCUT2D eigenvalue weighted by Crippen LogP contribution is -2.29. The number of carbonyl (C=O) groups excluding carboxylic acids is 3. The SMILES string of the molecule is NCC(=O)O.O=C(O)CCCC(=O)NCC(=O)O.O=C1CCCC(=O)O1. The Balaban J connectivity index is 0. The van der Waals surface area contributed by atoms with Crippen LogP contribution in [0.25, 0.3) is 0 Å². The number of carbonyl (C=O) groups is 6. The van der Waals surface area contributed by atoms with Crippen molar-refractivity contribution in [1.29, 1.82) is 0 Å². The maximum absolute atomic E-state index is 10.8. The van der Waals surface area contributed by atoms with Crippen molar-refractivity contribution in [3.63, 3.8) is 0 Å². The molecule has 0 aromatic heterocycles. The van der Waals surface area contributed by atoms with Crippen LogP contribution >= 0.6 is 0 Å². The molecule has 0 unspecified atom stereocenters. The van der Waals surface area contributed by atoms with Gasteiger partial charge >= 0.3 is 29.8 Å². The second-order valence-corrected chi connectivity index (χ2v) is 4.72. The van der Waals surface area contributed by atoms with Gasteiger partial charge in [-0.15, -0.1) is 0 Å². The molecule has 0 atom stereocenters. The molecule has 1 aliphatic rings. The van der Waals surface area contributed by atoms with Gasteiger partial charge in [-0.25, -0.2) is 0 Å². The van der Waals surface area contributed by atoms with Gasteiger partial charge in [0.15, 0.2) is 0 Å². The summed E-state index contributed by atoms with van der Waals surface area (Å²) >= 11 is 0. The van der Waals surface area contributed by atoms with Crippen molar-refractivity contribution in [3.8, 4) is 0 Å². The van der Waals surface area contributed by atoms with E-state index in [-0.39, 0.29) is 37.7 Å². The van der Waals surface area contributed by atoms with E-state index in [9.17, 15) is 28.8 Å². The molecular formula is C14H22N2O10. The van der Waals surface area contributed by atoms with E-state index in [4.69, 9.17) is 15.3 Å².